The van der Waals surface area contributed by atoms with Crippen LogP contribution >= 0.6 is 0 Å². The van der Waals surface area contributed by atoms with Crippen molar-refractivity contribution in [2.45, 2.75) is 13.5 Å². The molecule has 0 radical (unpaired) electrons. The van der Waals surface area contributed by atoms with Gasteiger partial charge in [0.25, 0.3) is 5.91 Å². The van der Waals surface area contributed by atoms with Crippen LogP contribution in [0, 0.1) is 6.92 Å². The predicted molar refractivity (Wildman–Crippen MR) is 82.1 cm³/mol. The highest BCUT2D eigenvalue weighted by molar-refractivity contribution is 5.91. The van der Waals surface area contributed by atoms with Gasteiger partial charge in [0.2, 0.25) is 5.76 Å². The Kier molecular flexibility index (Phi) is 3.96. The monoisotopic (exact) mass is 293 g/mol. The van der Waals surface area contributed by atoms with Crippen LogP contribution in [0.5, 0.6) is 0 Å². The largest absolute Gasteiger partial charge is 0.351 e. The molecule has 5 heteroatoms. The first-order chi connectivity index (χ1) is 10.7. The Balaban J connectivity index is 1.63. The van der Waals surface area contributed by atoms with E-state index < -0.39 is 0 Å². The Morgan fingerprint density at radius 1 is 1.18 bits per heavy atom. The minimum Gasteiger partial charge on any atom is -0.351 e. The lowest BCUT2D eigenvalue weighted by Gasteiger charge is -2.05. The lowest BCUT2D eigenvalue weighted by molar-refractivity contribution is 0.0914. The standard InChI is InChI=1S/C17H15N3O2/c1-12-9-16(22-20-12)17(21)19-10-13-4-6-14(7-5-13)15-3-2-8-18-11-15/h2-9,11H,10H2,1H3,(H,19,21). The molecule has 1 amide bonds. The van der Waals surface area contributed by atoms with E-state index in [1.807, 2.05) is 42.6 Å². The highest BCUT2D eigenvalue weighted by Gasteiger charge is 2.10. The van der Waals surface area contributed by atoms with Crippen LogP contribution in [-0.4, -0.2) is 16.0 Å². The first-order valence-electron chi connectivity index (χ1n) is 6.93. The predicted octanol–water partition coefficient (Wildman–Crippen LogP) is 2.98. The highest BCUT2D eigenvalue weighted by atomic mass is 16.5. The Morgan fingerprint density at radius 3 is 2.64 bits per heavy atom. The zero-order chi connectivity index (χ0) is 15.4. The van der Waals surface area contributed by atoms with E-state index in [0.717, 1.165) is 16.7 Å². The molecule has 1 aromatic carbocycles. The minimum absolute atomic E-state index is 0.226. The third kappa shape index (κ3) is 3.20. The molecule has 0 spiro atoms. The molecule has 0 saturated carbocycles. The number of pyridine rings is 1. The van der Waals surface area contributed by atoms with E-state index in [-0.39, 0.29) is 11.7 Å². The summed E-state index contributed by atoms with van der Waals surface area (Å²) in [6, 6.07) is 13.5. The topological polar surface area (TPSA) is 68.0 Å². The van der Waals surface area contributed by atoms with E-state index in [4.69, 9.17) is 4.52 Å². The summed E-state index contributed by atoms with van der Waals surface area (Å²) in [7, 11) is 0. The van der Waals surface area contributed by atoms with Gasteiger partial charge in [0.05, 0.1) is 5.69 Å². The van der Waals surface area contributed by atoms with Gasteiger partial charge < -0.3 is 9.84 Å². The summed E-state index contributed by atoms with van der Waals surface area (Å²) in [5.41, 5.74) is 3.85. The van der Waals surface area contributed by atoms with Gasteiger partial charge >= 0.3 is 0 Å². The van der Waals surface area contributed by atoms with Crippen molar-refractivity contribution in [3.05, 3.63) is 71.9 Å². The Morgan fingerprint density at radius 2 is 2.00 bits per heavy atom. The van der Waals surface area contributed by atoms with Crippen LogP contribution in [0.3, 0.4) is 0 Å². The van der Waals surface area contributed by atoms with Gasteiger partial charge in [-0.2, -0.15) is 0 Å². The summed E-state index contributed by atoms with van der Waals surface area (Å²) < 4.78 is 4.92. The average Bonchev–Trinajstić information content (AvgIpc) is 3.00. The molecule has 5 nitrogen and oxygen atoms in total. The van der Waals surface area contributed by atoms with Crippen molar-refractivity contribution in [3.63, 3.8) is 0 Å². The molecule has 110 valence electrons. The van der Waals surface area contributed by atoms with Gasteiger partial charge in [-0.1, -0.05) is 35.5 Å². The van der Waals surface area contributed by atoms with Crippen LogP contribution in [0.15, 0.2) is 59.4 Å². The van der Waals surface area contributed by atoms with Gasteiger partial charge in [-0.05, 0) is 29.7 Å². The molecule has 0 aliphatic carbocycles. The smallest absolute Gasteiger partial charge is 0.290 e. The summed E-state index contributed by atoms with van der Waals surface area (Å²) in [5, 5.41) is 6.50. The van der Waals surface area contributed by atoms with Gasteiger partial charge in [-0.25, -0.2) is 0 Å². The van der Waals surface area contributed by atoms with Crippen molar-refractivity contribution < 1.29 is 9.32 Å². The summed E-state index contributed by atoms with van der Waals surface area (Å²) in [6.07, 6.45) is 3.57. The van der Waals surface area contributed by atoms with Crippen LogP contribution < -0.4 is 5.32 Å². The molecule has 0 aliphatic heterocycles. The molecule has 0 saturated heterocycles. The molecule has 0 bridgehead atoms. The highest BCUT2D eigenvalue weighted by Crippen LogP contribution is 2.18. The summed E-state index contributed by atoms with van der Waals surface area (Å²) in [4.78, 5) is 16.0. The second-order valence-corrected chi connectivity index (χ2v) is 4.95. The molecule has 3 aromatic rings. The third-order valence-electron chi connectivity index (χ3n) is 3.25. The van der Waals surface area contributed by atoms with Crippen molar-refractivity contribution in [1.82, 2.24) is 15.5 Å². The normalized spacial score (nSPS) is 10.4. The van der Waals surface area contributed by atoms with Crippen molar-refractivity contribution in [2.75, 3.05) is 0 Å². The molecular weight excluding hydrogens is 278 g/mol. The maximum absolute atomic E-state index is 11.9. The summed E-state index contributed by atoms with van der Waals surface area (Å²) in [6.45, 7) is 2.21. The van der Waals surface area contributed by atoms with Crippen LogP contribution in [0.2, 0.25) is 0 Å². The number of aryl methyl sites for hydroxylation is 1. The van der Waals surface area contributed by atoms with Crippen molar-refractivity contribution >= 4 is 5.91 Å². The molecule has 22 heavy (non-hydrogen) atoms. The van der Waals surface area contributed by atoms with E-state index in [1.165, 1.54) is 0 Å². The van der Waals surface area contributed by atoms with Crippen molar-refractivity contribution in [3.8, 4) is 11.1 Å². The van der Waals surface area contributed by atoms with Crippen LogP contribution in [-0.2, 0) is 6.54 Å². The zero-order valence-corrected chi connectivity index (χ0v) is 12.1. The van der Waals surface area contributed by atoms with E-state index in [9.17, 15) is 4.79 Å². The molecular formula is C17H15N3O2. The van der Waals surface area contributed by atoms with E-state index >= 15 is 0 Å². The van der Waals surface area contributed by atoms with Crippen molar-refractivity contribution in [1.29, 1.82) is 0 Å². The number of rotatable bonds is 4. The first kappa shape index (κ1) is 14.0. The van der Waals surface area contributed by atoms with Gasteiger partial charge in [0.1, 0.15) is 0 Å². The van der Waals surface area contributed by atoms with Gasteiger partial charge in [-0.3, -0.25) is 9.78 Å². The maximum atomic E-state index is 11.9. The number of hydrogen-bond donors (Lipinski definition) is 1. The molecule has 0 atom stereocenters. The van der Waals surface area contributed by atoms with E-state index in [0.29, 0.717) is 12.2 Å². The molecule has 3 rings (SSSR count). The molecule has 1 N–H and O–H groups in total. The number of amides is 1. The number of carbonyl (C=O) groups excluding carboxylic acids is 1. The molecule has 0 unspecified atom stereocenters. The quantitative estimate of drug-likeness (QED) is 0.803. The minimum atomic E-state index is -0.267. The Hall–Kier alpha value is -2.95. The summed E-state index contributed by atoms with van der Waals surface area (Å²) in [5.74, 6) is -0.0404. The fourth-order valence-corrected chi connectivity index (χ4v) is 2.09. The maximum Gasteiger partial charge on any atom is 0.290 e. The van der Waals surface area contributed by atoms with E-state index in [1.54, 1.807) is 19.2 Å². The van der Waals surface area contributed by atoms with Gasteiger partial charge in [0.15, 0.2) is 0 Å². The SMILES string of the molecule is Cc1cc(C(=O)NCc2ccc(-c3cccnc3)cc2)on1. The fraction of sp³-hybridized carbons (Fsp3) is 0.118. The summed E-state index contributed by atoms with van der Waals surface area (Å²) >= 11 is 0. The lowest BCUT2D eigenvalue weighted by Crippen LogP contribution is -2.22. The Bertz CT molecular complexity index is 764. The van der Waals surface area contributed by atoms with E-state index in [2.05, 4.69) is 15.5 Å². The van der Waals surface area contributed by atoms with Crippen LogP contribution in [0.25, 0.3) is 11.1 Å². The number of carbonyl (C=O) groups is 1. The van der Waals surface area contributed by atoms with Crippen LogP contribution in [0.1, 0.15) is 21.8 Å². The number of benzene rings is 1. The second kappa shape index (κ2) is 6.22. The molecule has 2 heterocycles. The molecule has 0 fully saturated rings. The van der Waals surface area contributed by atoms with Gasteiger partial charge in [-0.15, -0.1) is 0 Å². The third-order valence-corrected chi connectivity index (χ3v) is 3.25. The van der Waals surface area contributed by atoms with Crippen molar-refractivity contribution in [2.24, 2.45) is 0 Å². The first-order valence-corrected chi connectivity index (χ1v) is 6.93. The Labute approximate surface area is 128 Å². The fourth-order valence-electron chi connectivity index (χ4n) is 2.09. The lowest BCUT2D eigenvalue weighted by atomic mass is 10.1. The second-order valence-electron chi connectivity index (χ2n) is 4.95. The molecule has 0 aliphatic rings. The van der Waals surface area contributed by atoms with Gasteiger partial charge in [0, 0.05) is 25.0 Å². The number of aromatic nitrogens is 2. The number of nitrogens with zero attached hydrogens (tertiary/aromatic N) is 2. The average molecular weight is 293 g/mol. The number of nitrogens with one attached hydrogen (secondary N) is 1. The zero-order valence-electron chi connectivity index (χ0n) is 12.1. The van der Waals surface area contributed by atoms with Crippen LogP contribution in [0.4, 0.5) is 0 Å². The molecule has 2 aromatic heterocycles. The number of hydrogen-bond acceptors (Lipinski definition) is 4.